The van der Waals surface area contributed by atoms with Crippen LogP contribution in [0.5, 0.6) is 0 Å². The van der Waals surface area contributed by atoms with Gasteiger partial charge >= 0.3 is 0 Å². The molecule has 2 atom stereocenters. The zero-order valence-corrected chi connectivity index (χ0v) is 13.7. The third kappa shape index (κ3) is 3.37. The molecule has 22 heavy (non-hydrogen) atoms. The van der Waals surface area contributed by atoms with Crippen molar-refractivity contribution < 1.29 is 18.8 Å². The lowest BCUT2D eigenvalue weighted by molar-refractivity contribution is -0.142. The van der Waals surface area contributed by atoms with Gasteiger partial charge in [0.25, 0.3) is 5.91 Å². The molecule has 2 fully saturated rings. The molecule has 1 saturated heterocycles. The van der Waals surface area contributed by atoms with Crippen LogP contribution in [0.25, 0.3) is 0 Å². The number of rotatable bonds is 5. The number of amides is 3. The van der Waals surface area contributed by atoms with Gasteiger partial charge in [0.15, 0.2) is 5.67 Å². The van der Waals surface area contributed by atoms with Gasteiger partial charge in [0.05, 0.1) is 0 Å². The first-order valence-electron chi connectivity index (χ1n) is 7.38. The average molecular weight is 331 g/mol. The predicted molar refractivity (Wildman–Crippen MR) is 82.0 cm³/mol. The van der Waals surface area contributed by atoms with Gasteiger partial charge in [0.1, 0.15) is 12.1 Å². The molecule has 3 amide bonds. The number of nitrogens with one attached hydrogen (secondary N) is 1. The van der Waals surface area contributed by atoms with E-state index in [9.17, 15) is 18.8 Å². The summed E-state index contributed by atoms with van der Waals surface area (Å²) in [6.07, 6.45) is 1.50. The van der Waals surface area contributed by atoms with Crippen molar-refractivity contribution in [1.82, 2.24) is 10.2 Å². The van der Waals surface area contributed by atoms with Crippen LogP contribution in [0.3, 0.4) is 0 Å². The molecule has 0 unspecified atom stereocenters. The van der Waals surface area contributed by atoms with Crippen molar-refractivity contribution in [2.75, 3.05) is 6.54 Å². The quantitative estimate of drug-likeness (QED) is 0.627. The number of likely N-dealkylation sites (tertiary alicyclic amines) is 1. The maximum absolute atomic E-state index is 13.9. The van der Waals surface area contributed by atoms with Crippen LogP contribution in [0.2, 0.25) is 0 Å². The monoisotopic (exact) mass is 331 g/mol. The maximum Gasteiger partial charge on any atom is 0.258 e. The lowest BCUT2D eigenvalue weighted by Crippen LogP contribution is -2.60. The zero-order chi connectivity index (χ0) is 16.7. The SMILES string of the molecule is CC(C)(S)[C@H](NC(=O)C1(F)CC1)C(=O)N1CCC[C@H]1C(N)=O. The molecule has 124 valence electrons. The van der Waals surface area contributed by atoms with Crippen molar-refractivity contribution in [2.45, 2.75) is 62.0 Å². The smallest absolute Gasteiger partial charge is 0.258 e. The molecule has 1 aliphatic heterocycles. The highest BCUT2D eigenvalue weighted by Crippen LogP contribution is 2.40. The van der Waals surface area contributed by atoms with E-state index in [1.165, 1.54) is 4.90 Å². The van der Waals surface area contributed by atoms with Crippen molar-refractivity contribution in [3.05, 3.63) is 0 Å². The van der Waals surface area contributed by atoms with E-state index in [4.69, 9.17) is 5.73 Å². The molecule has 0 aromatic heterocycles. The fourth-order valence-corrected chi connectivity index (χ4v) is 2.80. The number of carbonyl (C=O) groups is 3. The van der Waals surface area contributed by atoms with Gasteiger partial charge in [-0.1, -0.05) is 0 Å². The van der Waals surface area contributed by atoms with Gasteiger partial charge < -0.3 is 16.0 Å². The molecule has 3 N–H and O–H groups in total. The minimum Gasteiger partial charge on any atom is -0.368 e. The number of hydrogen-bond donors (Lipinski definition) is 3. The summed E-state index contributed by atoms with van der Waals surface area (Å²) in [4.78, 5) is 37.5. The number of carbonyl (C=O) groups excluding carboxylic acids is 3. The molecular weight excluding hydrogens is 309 g/mol. The second kappa shape index (κ2) is 5.72. The van der Waals surface area contributed by atoms with Crippen LogP contribution in [0.15, 0.2) is 0 Å². The summed E-state index contributed by atoms with van der Waals surface area (Å²) in [7, 11) is 0. The third-order valence-corrected chi connectivity index (χ3v) is 4.45. The zero-order valence-electron chi connectivity index (χ0n) is 12.8. The van der Waals surface area contributed by atoms with Gasteiger partial charge in [-0.25, -0.2) is 4.39 Å². The van der Waals surface area contributed by atoms with Crippen LogP contribution in [0, 0.1) is 0 Å². The molecule has 0 radical (unpaired) electrons. The molecule has 1 saturated carbocycles. The first kappa shape index (κ1) is 17.1. The molecule has 8 heteroatoms. The molecular formula is C14H22FN3O3S. The van der Waals surface area contributed by atoms with Gasteiger partial charge in [-0.2, -0.15) is 12.6 Å². The average Bonchev–Trinajstić information content (AvgIpc) is 2.97. The fraction of sp³-hybridized carbons (Fsp3) is 0.786. The largest absolute Gasteiger partial charge is 0.368 e. The minimum absolute atomic E-state index is 0.167. The maximum atomic E-state index is 13.9. The molecule has 0 aromatic rings. The van der Waals surface area contributed by atoms with Crippen LogP contribution in [-0.2, 0) is 14.4 Å². The van der Waals surface area contributed by atoms with Crippen molar-refractivity contribution in [3.63, 3.8) is 0 Å². The number of primary amides is 1. The van der Waals surface area contributed by atoms with Gasteiger partial charge in [0, 0.05) is 11.3 Å². The van der Waals surface area contributed by atoms with Crippen LogP contribution < -0.4 is 11.1 Å². The molecule has 0 aromatic carbocycles. The van der Waals surface area contributed by atoms with E-state index in [-0.39, 0.29) is 12.8 Å². The van der Waals surface area contributed by atoms with Crippen LogP contribution in [0.1, 0.15) is 39.5 Å². The van der Waals surface area contributed by atoms with E-state index >= 15 is 0 Å². The Morgan fingerprint density at radius 1 is 1.41 bits per heavy atom. The van der Waals surface area contributed by atoms with E-state index in [0.29, 0.717) is 19.4 Å². The number of nitrogens with zero attached hydrogens (tertiary/aromatic N) is 1. The Balaban J connectivity index is 2.16. The van der Waals surface area contributed by atoms with E-state index in [2.05, 4.69) is 17.9 Å². The van der Waals surface area contributed by atoms with Crippen LogP contribution >= 0.6 is 12.6 Å². The Labute approximate surface area is 134 Å². The number of nitrogens with two attached hydrogens (primary N) is 1. The van der Waals surface area contributed by atoms with Gasteiger partial charge in [0.2, 0.25) is 11.8 Å². The highest BCUT2D eigenvalue weighted by Gasteiger charge is 2.53. The van der Waals surface area contributed by atoms with Crippen molar-refractivity contribution >= 4 is 30.4 Å². The predicted octanol–water partition coefficient (Wildman–Crippen LogP) is 0.158. The summed E-state index contributed by atoms with van der Waals surface area (Å²) < 4.78 is 13.0. The van der Waals surface area contributed by atoms with Gasteiger partial charge in [-0.05, 0) is 39.5 Å². The van der Waals surface area contributed by atoms with Crippen molar-refractivity contribution in [3.8, 4) is 0 Å². The van der Waals surface area contributed by atoms with Crippen molar-refractivity contribution in [2.24, 2.45) is 5.73 Å². The Hall–Kier alpha value is -1.31. The Morgan fingerprint density at radius 3 is 2.45 bits per heavy atom. The summed E-state index contributed by atoms with van der Waals surface area (Å²) >= 11 is 4.35. The Morgan fingerprint density at radius 2 is 2.00 bits per heavy atom. The number of thiol groups is 1. The summed E-state index contributed by atoms with van der Waals surface area (Å²) in [5, 5.41) is 2.46. The first-order valence-corrected chi connectivity index (χ1v) is 7.83. The topological polar surface area (TPSA) is 92.5 Å². The number of alkyl halides is 1. The summed E-state index contributed by atoms with van der Waals surface area (Å²) in [6, 6.07) is -1.70. The first-order chi connectivity index (χ1) is 10.1. The minimum atomic E-state index is -1.87. The second-order valence-electron chi connectivity index (χ2n) is 6.62. The standard InChI is InChI=1S/C14H22FN3O3S/c1-13(2,22)9(17-12(21)14(15)5-6-14)11(20)18-7-3-4-8(18)10(16)19/h8-9,22H,3-7H2,1-2H3,(H2,16,19)(H,17,21)/t8-,9+/m0/s1. The molecule has 2 aliphatic rings. The van der Waals surface area contributed by atoms with E-state index in [0.717, 1.165) is 0 Å². The lowest BCUT2D eigenvalue weighted by atomic mass is 10.0. The number of halogens is 1. The Kier molecular flexibility index (Phi) is 4.43. The molecule has 0 spiro atoms. The van der Waals surface area contributed by atoms with Gasteiger partial charge in [-0.15, -0.1) is 0 Å². The summed E-state index contributed by atoms with van der Waals surface area (Å²) in [6.45, 7) is 3.71. The molecule has 1 aliphatic carbocycles. The lowest BCUT2D eigenvalue weighted by Gasteiger charge is -2.34. The van der Waals surface area contributed by atoms with Crippen LogP contribution in [-0.4, -0.2) is 51.7 Å². The van der Waals surface area contributed by atoms with Gasteiger partial charge in [-0.3, -0.25) is 14.4 Å². The van der Waals surface area contributed by atoms with E-state index in [1.54, 1.807) is 13.8 Å². The highest BCUT2D eigenvalue weighted by atomic mass is 32.1. The molecule has 2 rings (SSSR count). The molecule has 0 bridgehead atoms. The van der Waals surface area contributed by atoms with E-state index < -0.39 is 40.2 Å². The fourth-order valence-electron chi connectivity index (χ4n) is 2.63. The summed E-state index contributed by atoms with van der Waals surface area (Å²) in [5.41, 5.74) is 3.45. The van der Waals surface area contributed by atoms with Crippen LogP contribution in [0.4, 0.5) is 4.39 Å². The Bertz CT molecular complexity index is 502. The molecule has 6 nitrogen and oxygen atoms in total. The van der Waals surface area contributed by atoms with Crippen molar-refractivity contribution in [1.29, 1.82) is 0 Å². The third-order valence-electron chi connectivity index (χ3n) is 4.19. The highest BCUT2D eigenvalue weighted by molar-refractivity contribution is 7.81. The molecule has 1 heterocycles. The summed E-state index contributed by atoms with van der Waals surface area (Å²) in [5.74, 6) is -1.81. The van der Waals surface area contributed by atoms with E-state index in [1.807, 2.05) is 0 Å². The number of hydrogen-bond acceptors (Lipinski definition) is 4. The second-order valence-corrected chi connectivity index (χ2v) is 7.77. The normalized spacial score (nSPS) is 24.7.